The number of nitrogen functional groups attached to an aromatic ring is 1. The van der Waals surface area contributed by atoms with Gasteiger partial charge in [0, 0.05) is 12.5 Å². The summed E-state index contributed by atoms with van der Waals surface area (Å²) in [5.41, 5.74) is 6.41. The molecule has 5 heteroatoms. The molecule has 0 amide bonds. The molecule has 2 atom stereocenters. The van der Waals surface area contributed by atoms with Crippen LogP contribution in [0.5, 0.6) is 0 Å². The summed E-state index contributed by atoms with van der Waals surface area (Å²) in [5, 5.41) is 3.16. The van der Waals surface area contributed by atoms with Crippen LogP contribution in [0.2, 0.25) is 0 Å². The largest absolute Gasteiger partial charge is 0.382 e. The maximum atomic E-state index is 10.5. The monoisotopic (exact) mass is 206 g/mol. The van der Waals surface area contributed by atoms with Crippen LogP contribution in [0.25, 0.3) is 0 Å². The van der Waals surface area contributed by atoms with Crippen molar-refractivity contribution >= 4 is 12.1 Å². The molecule has 0 saturated carbocycles. The van der Waals surface area contributed by atoms with Gasteiger partial charge in [0.25, 0.3) is 0 Å². The first-order valence-corrected chi connectivity index (χ1v) is 5.05. The zero-order chi connectivity index (χ0) is 10.7. The first kappa shape index (κ1) is 10.0. The van der Waals surface area contributed by atoms with Crippen LogP contribution in [0.1, 0.15) is 24.5 Å². The van der Waals surface area contributed by atoms with E-state index < -0.39 is 0 Å². The van der Waals surface area contributed by atoms with Crippen molar-refractivity contribution < 1.29 is 4.79 Å². The third-order valence-corrected chi connectivity index (χ3v) is 2.73. The van der Waals surface area contributed by atoms with Crippen molar-refractivity contribution in [2.24, 2.45) is 0 Å². The predicted octanol–water partition coefficient (Wildman–Crippen LogP) is 0.0933. The highest BCUT2D eigenvalue weighted by Gasteiger charge is 2.22. The van der Waals surface area contributed by atoms with E-state index in [-0.39, 0.29) is 6.04 Å². The average molecular weight is 206 g/mol. The van der Waals surface area contributed by atoms with Crippen LogP contribution in [0.4, 0.5) is 5.82 Å². The fraction of sp³-hybridized carbons (Fsp3) is 0.500. The summed E-state index contributed by atoms with van der Waals surface area (Å²) in [6, 6.07) is 0.00277. The Kier molecular flexibility index (Phi) is 2.91. The van der Waals surface area contributed by atoms with E-state index in [0.717, 1.165) is 31.4 Å². The van der Waals surface area contributed by atoms with E-state index in [0.29, 0.717) is 11.7 Å². The van der Waals surface area contributed by atoms with Gasteiger partial charge in [-0.05, 0) is 12.8 Å². The molecule has 1 fully saturated rings. The minimum Gasteiger partial charge on any atom is -0.382 e. The molecule has 3 N–H and O–H groups in total. The molecule has 0 spiro atoms. The minimum absolute atomic E-state index is 0.00277. The molecule has 2 unspecified atom stereocenters. The van der Waals surface area contributed by atoms with Crippen LogP contribution in [0, 0.1) is 0 Å². The van der Waals surface area contributed by atoms with Crippen LogP contribution < -0.4 is 11.1 Å². The summed E-state index contributed by atoms with van der Waals surface area (Å²) in [5.74, 6) is 0.780. The van der Waals surface area contributed by atoms with E-state index in [1.54, 1.807) is 12.4 Å². The maximum absolute atomic E-state index is 10.5. The number of aromatic nitrogens is 2. The molecule has 1 aromatic rings. The first-order chi connectivity index (χ1) is 7.29. The van der Waals surface area contributed by atoms with E-state index in [4.69, 9.17) is 5.73 Å². The summed E-state index contributed by atoms with van der Waals surface area (Å²) in [6.45, 7) is 0.780. The first-order valence-electron chi connectivity index (χ1n) is 5.05. The predicted molar refractivity (Wildman–Crippen MR) is 56.3 cm³/mol. The molecule has 2 rings (SSSR count). The van der Waals surface area contributed by atoms with Crippen molar-refractivity contribution in [2.45, 2.75) is 24.8 Å². The fourth-order valence-electron chi connectivity index (χ4n) is 1.81. The quantitative estimate of drug-likeness (QED) is 0.670. The van der Waals surface area contributed by atoms with Gasteiger partial charge in [-0.2, -0.15) is 0 Å². The van der Waals surface area contributed by atoms with Gasteiger partial charge in [0.15, 0.2) is 0 Å². The minimum atomic E-state index is 0.00277. The van der Waals surface area contributed by atoms with E-state index in [9.17, 15) is 4.79 Å². The highest BCUT2D eigenvalue weighted by atomic mass is 16.1. The van der Waals surface area contributed by atoms with E-state index in [1.165, 1.54) is 0 Å². The lowest BCUT2D eigenvalue weighted by Gasteiger charge is -2.26. The topological polar surface area (TPSA) is 80.9 Å². The van der Waals surface area contributed by atoms with Gasteiger partial charge < -0.3 is 15.8 Å². The number of aldehydes is 1. The van der Waals surface area contributed by atoms with Gasteiger partial charge in [-0.1, -0.05) is 0 Å². The van der Waals surface area contributed by atoms with Gasteiger partial charge in [0.05, 0.1) is 24.1 Å². The number of nitrogens with one attached hydrogen (secondary N) is 1. The molecule has 0 bridgehead atoms. The Balaban J connectivity index is 2.01. The standard InChI is InChI=1S/C10H14N4O/c11-10-5-13-9(4-14-10)7-1-2-8(6-15)12-3-7/h4-8,12H,1-3H2,(H2,11,14). The van der Waals surface area contributed by atoms with Gasteiger partial charge >= 0.3 is 0 Å². The number of hydrogen-bond acceptors (Lipinski definition) is 5. The van der Waals surface area contributed by atoms with Crippen molar-refractivity contribution in [3.63, 3.8) is 0 Å². The van der Waals surface area contributed by atoms with Crippen LogP contribution in [0.15, 0.2) is 12.4 Å². The molecule has 15 heavy (non-hydrogen) atoms. The molecule has 1 aromatic heterocycles. The second-order valence-corrected chi connectivity index (χ2v) is 3.79. The number of anilines is 1. The number of rotatable bonds is 2. The van der Waals surface area contributed by atoms with Crippen molar-refractivity contribution in [2.75, 3.05) is 12.3 Å². The Labute approximate surface area is 88.1 Å². The molecular weight excluding hydrogens is 192 g/mol. The van der Waals surface area contributed by atoms with Crippen LogP contribution in [-0.2, 0) is 4.79 Å². The van der Waals surface area contributed by atoms with E-state index in [1.807, 2.05) is 0 Å². The van der Waals surface area contributed by atoms with Gasteiger partial charge in [0.1, 0.15) is 12.1 Å². The second-order valence-electron chi connectivity index (χ2n) is 3.79. The zero-order valence-electron chi connectivity index (χ0n) is 8.39. The Bertz CT molecular complexity index is 330. The smallest absolute Gasteiger partial charge is 0.141 e. The lowest BCUT2D eigenvalue weighted by molar-refractivity contribution is -0.110. The SMILES string of the molecule is Nc1cnc(C2CCC(C=O)NC2)cn1. The molecule has 0 aliphatic carbocycles. The number of nitrogens with two attached hydrogens (primary N) is 1. The van der Waals surface area contributed by atoms with Gasteiger partial charge in [-0.25, -0.2) is 4.98 Å². The van der Waals surface area contributed by atoms with E-state index >= 15 is 0 Å². The summed E-state index contributed by atoms with van der Waals surface area (Å²) in [7, 11) is 0. The zero-order valence-corrected chi connectivity index (χ0v) is 8.39. The number of hydrogen-bond donors (Lipinski definition) is 2. The van der Waals surface area contributed by atoms with Crippen molar-refractivity contribution in [3.05, 3.63) is 18.1 Å². The number of carbonyl (C=O) groups is 1. The van der Waals surface area contributed by atoms with Crippen LogP contribution in [0.3, 0.4) is 0 Å². The molecule has 2 heterocycles. The lowest BCUT2D eigenvalue weighted by Crippen LogP contribution is -2.39. The van der Waals surface area contributed by atoms with Crippen LogP contribution >= 0.6 is 0 Å². The normalized spacial score (nSPS) is 26.1. The van der Waals surface area contributed by atoms with Gasteiger partial charge in [0.2, 0.25) is 0 Å². The Hall–Kier alpha value is -1.49. The molecule has 80 valence electrons. The van der Waals surface area contributed by atoms with Crippen molar-refractivity contribution in [3.8, 4) is 0 Å². The molecule has 0 radical (unpaired) electrons. The van der Waals surface area contributed by atoms with Crippen molar-refractivity contribution in [1.29, 1.82) is 0 Å². The molecule has 1 aliphatic heterocycles. The van der Waals surface area contributed by atoms with Gasteiger partial charge in [-0.3, -0.25) is 4.98 Å². The lowest BCUT2D eigenvalue weighted by atomic mass is 9.93. The summed E-state index contributed by atoms with van der Waals surface area (Å²) < 4.78 is 0. The molecule has 0 aromatic carbocycles. The molecule has 1 saturated heterocycles. The Morgan fingerprint density at radius 3 is 2.80 bits per heavy atom. The number of piperidine rings is 1. The highest BCUT2D eigenvalue weighted by Crippen LogP contribution is 2.22. The number of nitrogens with zero attached hydrogens (tertiary/aromatic N) is 2. The van der Waals surface area contributed by atoms with E-state index in [2.05, 4.69) is 15.3 Å². The summed E-state index contributed by atoms with van der Waals surface area (Å²) in [6.07, 6.45) is 6.07. The van der Waals surface area contributed by atoms with Crippen LogP contribution in [-0.4, -0.2) is 28.8 Å². The molecular formula is C10H14N4O. The second kappa shape index (κ2) is 4.35. The third-order valence-electron chi connectivity index (χ3n) is 2.73. The van der Waals surface area contributed by atoms with Crippen molar-refractivity contribution in [1.82, 2.24) is 15.3 Å². The highest BCUT2D eigenvalue weighted by molar-refractivity contribution is 5.57. The third kappa shape index (κ3) is 2.30. The summed E-state index contributed by atoms with van der Waals surface area (Å²) in [4.78, 5) is 18.8. The van der Waals surface area contributed by atoms with Gasteiger partial charge in [-0.15, -0.1) is 0 Å². The summed E-state index contributed by atoms with van der Waals surface area (Å²) >= 11 is 0. The number of carbonyl (C=O) groups excluding carboxylic acids is 1. The maximum Gasteiger partial charge on any atom is 0.141 e. The molecule has 5 nitrogen and oxygen atoms in total. The average Bonchev–Trinajstić information content (AvgIpc) is 2.30. The Morgan fingerprint density at radius 1 is 1.40 bits per heavy atom. The molecule has 1 aliphatic rings. The Morgan fingerprint density at radius 2 is 2.27 bits per heavy atom. The fourth-order valence-corrected chi connectivity index (χ4v) is 1.81.